The average molecular weight is 355 g/mol. The fourth-order valence-corrected chi connectivity index (χ4v) is 3.38. The maximum Gasteiger partial charge on any atom is 0.137 e. The molecule has 0 amide bonds. The SMILES string of the molecule is C[C@H](O)c1cc2n(n1)CCCN(Cc1ccc(-c3ccccc3F)o1)C2. The Hall–Kier alpha value is -2.44. The predicted octanol–water partition coefficient (Wildman–Crippen LogP) is 3.74. The van der Waals surface area contributed by atoms with E-state index in [-0.39, 0.29) is 5.82 Å². The second-order valence-electron chi connectivity index (χ2n) is 6.77. The van der Waals surface area contributed by atoms with Gasteiger partial charge in [-0.25, -0.2) is 4.39 Å². The third kappa shape index (κ3) is 3.43. The first kappa shape index (κ1) is 17.0. The highest BCUT2D eigenvalue weighted by Crippen LogP contribution is 2.26. The second-order valence-corrected chi connectivity index (χ2v) is 6.77. The maximum atomic E-state index is 13.9. The van der Waals surface area contributed by atoms with E-state index in [0.717, 1.165) is 37.5 Å². The molecule has 4 rings (SSSR count). The number of hydrogen-bond donors (Lipinski definition) is 1. The lowest BCUT2D eigenvalue weighted by Gasteiger charge is -2.17. The van der Waals surface area contributed by atoms with Crippen LogP contribution in [0, 0.1) is 5.82 Å². The van der Waals surface area contributed by atoms with Crippen molar-refractivity contribution in [3.05, 3.63) is 65.4 Å². The Morgan fingerprint density at radius 3 is 2.88 bits per heavy atom. The molecule has 136 valence electrons. The van der Waals surface area contributed by atoms with Gasteiger partial charge in [0, 0.05) is 19.6 Å². The van der Waals surface area contributed by atoms with E-state index < -0.39 is 6.10 Å². The lowest BCUT2D eigenvalue weighted by Crippen LogP contribution is -2.22. The highest BCUT2D eigenvalue weighted by molar-refractivity contribution is 5.58. The normalized spacial score (nSPS) is 16.3. The number of benzene rings is 1. The van der Waals surface area contributed by atoms with Crippen molar-refractivity contribution < 1.29 is 13.9 Å². The van der Waals surface area contributed by atoms with Crippen molar-refractivity contribution in [3.63, 3.8) is 0 Å². The van der Waals surface area contributed by atoms with Gasteiger partial charge in [0.2, 0.25) is 0 Å². The number of hydrogen-bond acceptors (Lipinski definition) is 4. The van der Waals surface area contributed by atoms with Gasteiger partial charge in [-0.15, -0.1) is 0 Å². The molecular formula is C20H22FN3O2. The van der Waals surface area contributed by atoms with Crippen molar-refractivity contribution in [2.24, 2.45) is 0 Å². The largest absolute Gasteiger partial charge is 0.460 e. The van der Waals surface area contributed by atoms with Crippen LogP contribution in [0.5, 0.6) is 0 Å². The predicted molar refractivity (Wildman–Crippen MR) is 95.7 cm³/mol. The summed E-state index contributed by atoms with van der Waals surface area (Å²) in [7, 11) is 0. The van der Waals surface area contributed by atoms with Crippen LogP contribution in [0.2, 0.25) is 0 Å². The van der Waals surface area contributed by atoms with Crippen molar-refractivity contribution in [2.45, 2.75) is 39.1 Å². The molecule has 0 radical (unpaired) electrons. The summed E-state index contributed by atoms with van der Waals surface area (Å²) in [6.07, 6.45) is 0.422. The van der Waals surface area contributed by atoms with Crippen molar-refractivity contribution in [2.75, 3.05) is 6.54 Å². The minimum atomic E-state index is -0.559. The van der Waals surface area contributed by atoms with E-state index in [2.05, 4.69) is 10.00 Å². The van der Waals surface area contributed by atoms with Crippen LogP contribution in [-0.2, 0) is 19.6 Å². The average Bonchev–Trinajstić information content (AvgIpc) is 3.19. The quantitative estimate of drug-likeness (QED) is 0.775. The van der Waals surface area contributed by atoms with Gasteiger partial charge in [0.25, 0.3) is 0 Å². The summed E-state index contributed by atoms with van der Waals surface area (Å²) in [4.78, 5) is 2.29. The second kappa shape index (κ2) is 7.05. The lowest BCUT2D eigenvalue weighted by molar-refractivity contribution is 0.193. The Bertz CT molecular complexity index is 900. The number of fused-ring (bicyclic) bond motifs is 1. The van der Waals surface area contributed by atoms with Crippen molar-refractivity contribution in [1.82, 2.24) is 14.7 Å². The molecule has 0 spiro atoms. The van der Waals surface area contributed by atoms with Gasteiger partial charge in [0.05, 0.1) is 29.6 Å². The number of furan rings is 1. The summed E-state index contributed by atoms with van der Waals surface area (Å²) >= 11 is 0. The fourth-order valence-electron chi connectivity index (χ4n) is 3.38. The standard InChI is InChI=1S/C20H22FN3O2/c1-14(25)19-11-15-12-23(9-4-10-24(15)22-19)13-16-7-8-20(26-16)17-5-2-3-6-18(17)21/h2-3,5-8,11,14,25H,4,9-10,12-13H2,1H3/t14-/m0/s1. The van der Waals surface area contributed by atoms with E-state index in [9.17, 15) is 9.50 Å². The monoisotopic (exact) mass is 355 g/mol. The van der Waals surface area contributed by atoms with E-state index in [4.69, 9.17) is 4.42 Å². The molecule has 26 heavy (non-hydrogen) atoms. The van der Waals surface area contributed by atoms with E-state index in [1.54, 1.807) is 25.1 Å². The number of aromatic nitrogens is 2. The molecule has 6 heteroatoms. The van der Waals surface area contributed by atoms with E-state index >= 15 is 0 Å². The Balaban J connectivity index is 1.50. The van der Waals surface area contributed by atoms with Gasteiger partial charge in [-0.2, -0.15) is 5.10 Å². The number of nitrogens with zero attached hydrogens (tertiary/aromatic N) is 3. The van der Waals surface area contributed by atoms with Crippen LogP contribution in [0.25, 0.3) is 11.3 Å². The highest BCUT2D eigenvalue weighted by Gasteiger charge is 2.19. The van der Waals surface area contributed by atoms with Gasteiger partial charge in [-0.3, -0.25) is 9.58 Å². The zero-order valence-electron chi connectivity index (χ0n) is 14.7. The van der Waals surface area contributed by atoms with Crippen LogP contribution < -0.4 is 0 Å². The Morgan fingerprint density at radius 2 is 2.08 bits per heavy atom. The minimum Gasteiger partial charge on any atom is -0.460 e. The van der Waals surface area contributed by atoms with Crippen molar-refractivity contribution >= 4 is 0 Å². The van der Waals surface area contributed by atoms with Crippen LogP contribution in [0.1, 0.15) is 36.6 Å². The molecule has 0 saturated heterocycles. The molecule has 0 unspecified atom stereocenters. The molecule has 1 atom stereocenters. The maximum absolute atomic E-state index is 13.9. The number of rotatable bonds is 4. The molecule has 3 aromatic rings. The van der Waals surface area contributed by atoms with E-state index in [1.807, 2.05) is 22.9 Å². The van der Waals surface area contributed by atoms with Gasteiger partial charge in [0.1, 0.15) is 17.3 Å². The summed E-state index contributed by atoms with van der Waals surface area (Å²) in [5, 5.41) is 14.2. The summed E-state index contributed by atoms with van der Waals surface area (Å²) in [5.41, 5.74) is 2.29. The molecule has 0 fully saturated rings. The molecule has 1 aromatic carbocycles. The van der Waals surface area contributed by atoms with Crippen LogP contribution in [-0.4, -0.2) is 26.3 Å². The third-order valence-electron chi connectivity index (χ3n) is 4.72. The van der Waals surface area contributed by atoms with Crippen LogP contribution >= 0.6 is 0 Å². The van der Waals surface area contributed by atoms with E-state index in [0.29, 0.717) is 23.6 Å². The molecule has 1 aliphatic rings. The molecule has 1 aliphatic heterocycles. The zero-order valence-corrected chi connectivity index (χ0v) is 14.7. The first-order valence-electron chi connectivity index (χ1n) is 8.91. The first-order valence-corrected chi connectivity index (χ1v) is 8.91. The van der Waals surface area contributed by atoms with Gasteiger partial charge >= 0.3 is 0 Å². The third-order valence-corrected chi connectivity index (χ3v) is 4.72. The van der Waals surface area contributed by atoms with E-state index in [1.165, 1.54) is 6.07 Å². The van der Waals surface area contributed by atoms with Crippen molar-refractivity contribution in [3.8, 4) is 11.3 Å². The molecule has 0 saturated carbocycles. The number of halogens is 1. The summed E-state index contributed by atoms with van der Waals surface area (Å²) < 4.78 is 21.8. The first-order chi connectivity index (χ1) is 12.6. The van der Waals surface area contributed by atoms with Crippen LogP contribution in [0.4, 0.5) is 4.39 Å². The van der Waals surface area contributed by atoms with Gasteiger partial charge in [-0.05, 0) is 43.7 Å². The fraction of sp³-hybridized carbons (Fsp3) is 0.350. The Kier molecular flexibility index (Phi) is 4.61. The Morgan fingerprint density at radius 1 is 1.23 bits per heavy atom. The summed E-state index contributed by atoms with van der Waals surface area (Å²) in [5.74, 6) is 1.08. The molecule has 1 N–H and O–H groups in total. The van der Waals surface area contributed by atoms with Gasteiger partial charge < -0.3 is 9.52 Å². The zero-order chi connectivity index (χ0) is 18.1. The van der Waals surface area contributed by atoms with Gasteiger partial charge in [0.15, 0.2) is 0 Å². The molecule has 5 nitrogen and oxygen atoms in total. The lowest BCUT2D eigenvalue weighted by atomic mass is 10.1. The molecule has 0 bridgehead atoms. The number of aliphatic hydroxyl groups excluding tert-OH is 1. The topological polar surface area (TPSA) is 54.4 Å². The van der Waals surface area contributed by atoms with Crippen molar-refractivity contribution in [1.29, 1.82) is 0 Å². The smallest absolute Gasteiger partial charge is 0.137 e. The molecule has 3 heterocycles. The van der Waals surface area contributed by atoms with Crippen LogP contribution in [0.3, 0.4) is 0 Å². The van der Waals surface area contributed by atoms with Gasteiger partial charge in [-0.1, -0.05) is 12.1 Å². The minimum absolute atomic E-state index is 0.280. The highest BCUT2D eigenvalue weighted by atomic mass is 19.1. The Labute approximate surface area is 151 Å². The number of aryl methyl sites for hydroxylation is 1. The summed E-state index contributed by atoms with van der Waals surface area (Å²) in [6.45, 7) is 4.91. The molecular weight excluding hydrogens is 333 g/mol. The molecule has 2 aromatic heterocycles. The summed E-state index contributed by atoms with van der Waals surface area (Å²) in [6, 6.07) is 12.3. The van der Waals surface area contributed by atoms with Crippen LogP contribution in [0.15, 0.2) is 46.9 Å². The number of aliphatic hydroxyl groups is 1. The molecule has 0 aliphatic carbocycles.